The number of halogens is 2. The van der Waals surface area contributed by atoms with Crippen molar-refractivity contribution >= 4 is 0 Å². The fourth-order valence-electron chi connectivity index (χ4n) is 1.50. The summed E-state index contributed by atoms with van der Waals surface area (Å²) in [5.41, 5.74) is 0.515. The summed E-state index contributed by atoms with van der Waals surface area (Å²) in [6, 6.07) is 5.84. The number of nitrogens with one attached hydrogen (secondary N) is 1. The Bertz CT molecular complexity index is 472. The monoisotopic (exact) mass is 268 g/mol. The van der Waals surface area contributed by atoms with Gasteiger partial charge in [0.2, 0.25) is 0 Å². The van der Waals surface area contributed by atoms with Gasteiger partial charge in [0.15, 0.2) is 11.5 Å². The molecule has 0 amide bonds. The van der Waals surface area contributed by atoms with Crippen molar-refractivity contribution in [3.8, 4) is 17.6 Å². The van der Waals surface area contributed by atoms with Gasteiger partial charge in [-0.3, -0.25) is 5.32 Å². The molecule has 1 aromatic rings. The van der Waals surface area contributed by atoms with Crippen LogP contribution in [0.25, 0.3) is 0 Å². The molecule has 1 atom stereocenters. The summed E-state index contributed by atoms with van der Waals surface area (Å²) in [4.78, 5) is 0. The van der Waals surface area contributed by atoms with E-state index in [0.717, 1.165) is 0 Å². The molecule has 4 nitrogen and oxygen atoms in total. The topological polar surface area (TPSA) is 54.3 Å². The van der Waals surface area contributed by atoms with Crippen LogP contribution in [0, 0.1) is 11.3 Å². The maximum atomic E-state index is 12.3. The van der Waals surface area contributed by atoms with Gasteiger partial charge in [-0.05, 0) is 17.7 Å². The van der Waals surface area contributed by atoms with E-state index in [-0.39, 0.29) is 11.5 Å². The third kappa shape index (κ3) is 4.23. The van der Waals surface area contributed by atoms with Gasteiger partial charge in [0.1, 0.15) is 6.04 Å². The van der Waals surface area contributed by atoms with E-state index in [1.807, 2.05) is 6.07 Å². The number of rotatable bonds is 7. The summed E-state index contributed by atoms with van der Waals surface area (Å²) in [7, 11) is 1.35. The predicted octanol–water partition coefficient (Wildman–Crippen LogP) is 2.64. The molecule has 0 aliphatic rings. The molecular formula is C13H14F2N2O2. The fourth-order valence-corrected chi connectivity index (χ4v) is 1.50. The van der Waals surface area contributed by atoms with Crippen molar-refractivity contribution in [1.82, 2.24) is 5.32 Å². The first-order chi connectivity index (χ1) is 9.12. The highest BCUT2D eigenvalue weighted by Crippen LogP contribution is 2.31. The highest BCUT2D eigenvalue weighted by atomic mass is 19.3. The first kappa shape index (κ1) is 14.9. The van der Waals surface area contributed by atoms with Crippen LogP contribution in [0.4, 0.5) is 8.78 Å². The number of methoxy groups -OCH3 is 1. The lowest BCUT2D eigenvalue weighted by atomic mass is 10.1. The molecule has 102 valence electrons. The smallest absolute Gasteiger partial charge is 0.387 e. The summed E-state index contributed by atoms with van der Waals surface area (Å²) in [6.45, 7) is 1.00. The minimum Gasteiger partial charge on any atom is -0.493 e. The summed E-state index contributed by atoms with van der Waals surface area (Å²) < 4.78 is 33.8. The van der Waals surface area contributed by atoms with Crippen LogP contribution in [0.1, 0.15) is 11.6 Å². The molecule has 0 radical (unpaired) electrons. The highest BCUT2D eigenvalue weighted by Gasteiger charge is 2.15. The number of nitriles is 1. The maximum Gasteiger partial charge on any atom is 0.387 e. The molecule has 1 rings (SSSR count). The van der Waals surface area contributed by atoms with Crippen LogP contribution in [0.2, 0.25) is 0 Å². The standard InChI is InChI=1S/C13H14F2N2O2/c1-3-6-17-10(8-16)9-4-5-11(18-2)12(7-9)19-13(14)15/h3-5,7,10,13,17H,1,6H2,2H3. The first-order valence-electron chi connectivity index (χ1n) is 5.49. The second kappa shape index (κ2) is 7.34. The quantitative estimate of drug-likeness (QED) is 0.772. The van der Waals surface area contributed by atoms with E-state index in [0.29, 0.717) is 12.1 Å². The van der Waals surface area contributed by atoms with Crippen molar-refractivity contribution in [2.75, 3.05) is 13.7 Å². The first-order valence-corrected chi connectivity index (χ1v) is 5.49. The predicted molar refractivity (Wildman–Crippen MR) is 66.2 cm³/mol. The summed E-state index contributed by atoms with van der Waals surface area (Å²) in [5.74, 6) is 0.0834. The number of benzene rings is 1. The zero-order valence-electron chi connectivity index (χ0n) is 10.4. The van der Waals surface area contributed by atoms with Crippen molar-refractivity contribution in [2.45, 2.75) is 12.7 Å². The molecule has 1 unspecified atom stereocenters. The van der Waals surface area contributed by atoms with Gasteiger partial charge in [0.05, 0.1) is 13.2 Å². The SMILES string of the molecule is C=CCNC(C#N)c1ccc(OC)c(OC(F)F)c1. The van der Waals surface area contributed by atoms with E-state index in [4.69, 9.17) is 10.00 Å². The molecule has 0 aromatic heterocycles. The maximum absolute atomic E-state index is 12.3. The molecule has 0 heterocycles. The van der Waals surface area contributed by atoms with Gasteiger partial charge in [0, 0.05) is 6.54 Å². The number of nitrogens with zero attached hydrogens (tertiary/aromatic N) is 1. The Balaban J connectivity index is 3.01. The van der Waals surface area contributed by atoms with Crippen LogP contribution in [0.15, 0.2) is 30.9 Å². The zero-order chi connectivity index (χ0) is 14.3. The molecule has 0 saturated heterocycles. The minimum absolute atomic E-state index is 0.101. The molecule has 0 aliphatic carbocycles. The van der Waals surface area contributed by atoms with Crippen molar-refractivity contribution in [2.24, 2.45) is 0 Å². The van der Waals surface area contributed by atoms with E-state index in [9.17, 15) is 8.78 Å². The highest BCUT2D eigenvalue weighted by molar-refractivity contribution is 5.44. The van der Waals surface area contributed by atoms with Crippen molar-refractivity contribution in [3.05, 3.63) is 36.4 Å². The van der Waals surface area contributed by atoms with Gasteiger partial charge in [-0.1, -0.05) is 12.1 Å². The Hall–Kier alpha value is -2.13. The Morgan fingerprint density at radius 1 is 1.47 bits per heavy atom. The van der Waals surface area contributed by atoms with Crippen LogP contribution in [-0.2, 0) is 0 Å². The van der Waals surface area contributed by atoms with E-state index in [1.54, 1.807) is 12.1 Å². The molecule has 19 heavy (non-hydrogen) atoms. The van der Waals surface area contributed by atoms with Crippen molar-refractivity contribution in [3.63, 3.8) is 0 Å². The molecule has 6 heteroatoms. The molecule has 0 spiro atoms. The number of hydrogen-bond acceptors (Lipinski definition) is 4. The van der Waals surface area contributed by atoms with E-state index >= 15 is 0 Å². The number of alkyl halides is 2. The second-order valence-electron chi connectivity index (χ2n) is 3.55. The number of ether oxygens (including phenoxy) is 2. The number of hydrogen-bond donors (Lipinski definition) is 1. The molecule has 1 aromatic carbocycles. The summed E-state index contributed by atoms with van der Waals surface area (Å²) in [6.07, 6.45) is 1.60. The van der Waals surface area contributed by atoms with Crippen molar-refractivity contribution < 1.29 is 18.3 Å². The Labute approximate surface area is 110 Å². The Kier molecular flexibility index (Phi) is 5.76. The lowest BCUT2D eigenvalue weighted by Crippen LogP contribution is -2.19. The molecule has 1 N–H and O–H groups in total. The molecular weight excluding hydrogens is 254 g/mol. The van der Waals surface area contributed by atoms with Crippen LogP contribution in [-0.4, -0.2) is 20.3 Å². The minimum atomic E-state index is -2.95. The van der Waals surface area contributed by atoms with Crippen LogP contribution >= 0.6 is 0 Å². The van der Waals surface area contributed by atoms with Gasteiger partial charge in [-0.25, -0.2) is 0 Å². The van der Waals surface area contributed by atoms with Gasteiger partial charge < -0.3 is 9.47 Å². The van der Waals surface area contributed by atoms with Gasteiger partial charge in [0.25, 0.3) is 0 Å². The van der Waals surface area contributed by atoms with E-state index in [1.165, 1.54) is 19.2 Å². The third-order valence-electron chi connectivity index (χ3n) is 2.33. The van der Waals surface area contributed by atoms with E-state index in [2.05, 4.69) is 16.6 Å². The van der Waals surface area contributed by atoms with Crippen LogP contribution < -0.4 is 14.8 Å². The molecule has 0 saturated carbocycles. The fraction of sp³-hybridized carbons (Fsp3) is 0.308. The lowest BCUT2D eigenvalue weighted by Gasteiger charge is -2.14. The van der Waals surface area contributed by atoms with Gasteiger partial charge in [-0.2, -0.15) is 14.0 Å². The zero-order valence-corrected chi connectivity index (χ0v) is 10.4. The molecule has 0 fully saturated rings. The van der Waals surface area contributed by atoms with Gasteiger partial charge >= 0.3 is 6.61 Å². The normalized spacial score (nSPS) is 11.7. The van der Waals surface area contributed by atoms with Crippen LogP contribution in [0.3, 0.4) is 0 Å². The lowest BCUT2D eigenvalue weighted by molar-refractivity contribution is -0.0512. The average molecular weight is 268 g/mol. The van der Waals surface area contributed by atoms with Crippen LogP contribution in [0.5, 0.6) is 11.5 Å². The average Bonchev–Trinajstić information content (AvgIpc) is 2.39. The third-order valence-corrected chi connectivity index (χ3v) is 2.33. The second-order valence-corrected chi connectivity index (χ2v) is 3.55. The summed E-state index contributed by atoms with van der Waals surface area (Å²) >= 11 is 0. The Morgan fingerprint density at radius 3 is 2.74 bits per heavy atom. The summed E-state index contributed by atoms with van der Waals surface area (Å²) in [5, 5.41) is 11.9. The van der Waals surface area contributed by atoms with E-state index < -0.39 is 12.7 Å². The van der Waals surface area contributed by atoms with Crippen molar-refractivity contribution in [1.29, 1.82) is 5.26 Å². The van der Waals surface area contributed by atoms with Gasteiger partial charge in [-0.15, -0.1) is 6.58 Å². The Morgan fingerprint density at radius 2 is 2.21 bits per heavy atom. The molecule has 0 bridgehead atoms. The molecule has 0 aliphatic heterocycles. The largest absolute Gasteiger partial charge is 0.493 e.